The number of nitroso groups, excluding NO2 is 1. The Hall–Kier alpha value is -4.94. The minimum absolute atomic E-state index is 0.0227. The molecule has 4 aliphatic rings. The normalized spacial score (nSPS) is 32.7. The Labute approximate surface area is 354 Å². The van der Waals surface area contributed by atoms with E-state index in [4.69, 9.17) is 33.2 Å². The minimum atomic E-state index is -2.31. The zero-order valence-electron chi connectivity index (χ0n) is 36.7. The minimum Gasteiger partial charge on any atom is -0.456 e. The van der Waals surface area contributed by atoms with Crippen LogP contribution in [0.2, 0.25) is 0 Å². The summed E-state index contributed by atoms with van der Waals surface area (Å²) in [5.74, 6) is -5.76. The van der Waals surface area contributed by atoms with Gasteiger partial charge in [-0.3, -0.25) is 9.59 Å². The molecule has 0 spiro atoms. The first-order valence-corrected chi connectivity index (χ1v) is 20.1. The fraction of sp³-hybridized carbons (Fsp3) is 0.674. The van der Waals surface area contributed by atoms with Crippen molar-refractivity contribution >= 4 is 35.9 Å². The van der Waals surface area contributed by atoms with Crippen LogP contribution in [0.1, 0.15) is 99.4 Å². The van der Waals surface area contributed by atoms with Crippen LogP contribution in [-0.2, 0) is 47.5 Å². The molecule has 3 fully saturated rings. The molecule has 11 atom stereocenters. The van der Waals surface area contributed by atoms with Gasteiger partial charge in [0, 0.05) is 25.2 Å². The predicted molar refractivity (Wildman–Crippen MR) is 213 cm³/mol. The molecule has 3 N–H and O–H groups in total. The van der Waals surface area contributed by atoms with Gasteiger partial charge in [-0.15, -0.1) is 0 Å². The summed E-state index contributed by atoms with van der Waals surface area (Å²) >= 11 is 0. The maximum absolute atomic E-state index is 15.5. The van der Waals surface area contributed by atoms with E-state index in [1.807, 2.05) is 0 Å². The van der Waals surface area contributed by atoms with Crippen molar-refractivity contribution in [1.29, 1.82) is 0 Å². The summed E-state index contributed by atoms with van der Waals surface area (Å²) in [6.07, 6.45) is -13.1. The smallest absolute Gasteiger partial charge is 0.456 e. The van der Waals surface area contributed by atoms with Gasteiger partial charge in [-0.1, -0.05) is 58.0 Å². The number of hydrogen-bond acceptors (Lipinski definition) is 17. The standard InChI is InChI=1S/C43H58N2O16/c1-21-24(58-35(51)28(48)31(38(3,4)5)44-36(52)60-39(6,7)8)19-43(45-54)33(59-34(50)23-16-14-13-15-17-23)30-41(11,32(49)29(57-22(2)46)27(21)40(43,9)10)25(47)18-26-42(30,20-56-26)61-37(53)55-12/h13-17,24-26,28-31,33,47-48H,18-20H2,1-12H3,(H,44,52)/t24-,25-,26+,28+,29+,30-,31+,33-,41+,42-,43+/m0/s1. The van der Waals surface area contributed by atoms with Crippen LogP contribution in [0.4, 0.5) is 9.59 Å². The second-order valence-corrected chi connectivity index (χ2v) is 19.2. The van der Waals surface area contributed by atoms with Crippen molar-refractivity contribution in [3.05, 3.63) is 51.9 Å². The van der Waals surface area contributed by atoms with Crippen molar-refractivity contribution in [1.82, 2.24) is 5.32 Å². The summed E-state index contributed by atoms with van der Waals surface area (Å²) in [7, 11) is 1.05. The predicted octanol–water partition coefficient (Wildman–Crippen LogP) is 4.50. The molecule has 1 amide bonds. The fourth-order valence-corrected chi connectivity index (χ4v) is 9.70. The first-order chi connectivity index (χ1) is 28.1. The highest BCUT2D eigenvalue weighted by molar-refractivity contribution is 5.95. The molecule has 18 nitrogen and oxygen atoms in total. The number of benzene rings is 1. The van der Waals surface area contributed by atoms with Crippen LogP contribution < -0.4 is 5.32 Å². The zero-order chi connectivity index (χ0) is 45.8. The van der Waals surface area contributed by atoms with Crippen molar-refractivity contribution < 1.29 is 72.1 Å². The van der Waals surface area contributed by atoms with Gasteiger partial charge >= 0.3 is 30.2 Å². The summed E-state index contributed by atoms with van der Waals surface area (Å²) in [4.78, 5) is 97.2. The molecule has 2 saturated carbocycles. The third-order valence-corrected chi connectivity index (χ3v) is 12.9. The van der Waals surface area contributed by atoms with Crippen LogP contribution >= 0.6 is 0 Å². The number of nitrogens with one attached hydrogen (secondary N) is 1. The molecule has 1 aliphatic heterocycles. The Morgan fingerprint density at radius 1 is 0.984 bits per heavy atom. The largest absolute Gasteiger partial charge is 0.508 e. The second kappa shape index (κ2) is 16.4. The average molecular weight is 859 g/mol. The van der Waals surface area contributed by atoms with Gasteiger partial charge in [-0.05, 0) is 63.3 Å². The number of carbonyl (C=O) groups is 6. The number of amides is 1. The third kappa shape index (κ3) is 8.13. The third-order valence-electron chi connectivity index (χ3n) is 12.9. The molecule has 5 rings (SSSR count). The number of methoxy groups -OCH3 is 1. The van der Waals surface area contributed by atoms with Crippen LogP contribution in [0, 0.1) is 27.1 Å². The maximum atomic E-state index is 15.5. The Kier molecular flexibility index (Phi) is 12.7. The molecule has 1 heterocycles. The van der Waals surface area contributed by atoms with Crippen LogP contribution in [0.15, 0.2) is 46.7 Å². The lowest BCUT2D eigenvalue weighted by Gasteiger charge is -2.66. The lowest BCUT2D eigenvalue weighted by atomic mass is 9.44. The van der Waals surface area contributed by atoms with Gasteiger partial charge in [0.15, 0.2) is 29.1 Å². The number of ketones is 1. The Morgan fingerprint density at radius 2 is 1.61 bits per heavy atom. The fourth-order valence-electron chi connectivity index (χ4n) is 9.70. The van der Waals surface area contributed by atoms with Crippen molar-refractivity contribution in [2.24, 2.45) is 27.3 Å². The molecular weight excluding hydrogens is 800 g/mol. The van der Waals surface area contributed by atoms with Crippen molar-refractivity contribution in [3.8, 4) is 0 Å². The van der Waals surface area contributed by atoms with E-state index in [-0.39, 0.29) is 23.1 Å². The lowest BCUT2D eigenvalue weighted by molar-refractivity contribution is -0.334. The quantitative estimate of drug-likeness (QED) is 0.134. The number of alkyl carbamates (subject to hydrolysis) is 1. The molecule has 1 aromatic rings. The van der Waals surface area contributed by atoms with Gasteiger partial charge in [-0.25, -0.2) is 19.2 Å². The molecular formula is C43H58N2O16. The number of aliphatic hydroxyl groups excluding tert-OH is 2. The van der Waals surface area contributed by atoms with Crippen molar-refractivity contribution in [2.75, 3.05) is 13.7 Å². The topological polar surface area (TPSA) is 249 Å². The number of Topliss-reactive ketones (excluding diaryl/α,β-unsaturated/α-hetero) is 1. The van der Waals surface area contributed by atoms with Crippen molar-refractivity contribution in [3.63, 3.8) is 0 Å². The number of fused-ring (bicyclic) bond motifs is 5. The lowest BCUT2D eigenvalue weighted by Crippen LogP contribution is -2.81. The van der Waals surface area contributed by atoms with Gasteiger partial charge in [-0.2, -0.15) is 4.91 Å². The Balaban J connectivity index is 1.78. The SMILES string of the molecule is COC(=O)O[C@@]12CO[C@@H]1C[C@H](O)[C@@]1(C)C(=O)[C@H](OC(C)=O)C3=C(C)[C@@H](OC(=O)[C@H](O)[C@@H](NC(=O)OC(C)(C)C)C(C)(C)C)C[C@@](N=O)([C@@H](OC(=O)c4ccccc4)[C@H]21)C3(C)C. The summed E-state index contributed by atoms with van der Waals surface area (Å²) < 4.78 is 40.4. The maximum Gasteiger partial charge on any atom is 0.508 e. The molecule has 0 unspecified atom stereocenters. The number of hydrogen-bond donors (Lipinski definition) is 3. The van der Waals surface area contributed by atoms with Crippen LogP contribution in [-0.4, -0.2) is 119 Å². The van der Waals surface area contributed by atoms with Gasteiger partial charge in [0.05, 0.1) is 42.8 Å². The summed E-state index contributed by atoms with van der Waals surface area (Å²) in [6.45, 7) is 16.4. The van der Waals surface area contributed by atoms with Gasteiger partial charge < -0.3 is 48.7 Å². The Morgan fingerprint density at radius 3 is 2.11 bits per heavy atom. The molecule has 3 aliphatic carbocycles. The van der Waals surface area contributed by atoms with E-state index in [1.165, 1.54) is 39.8 Å². The number of carbonyl (C=O) groups excluding carboxylic acids is 6. The molecule has 18 heteroatoms. The molecule has 1 aromatic carbocycles. The number of esters is 3. The van der Waals surface area contributed by atoms with Gasteiger partial charge in [0.2, 0.25) is 0 Å². The summed E-state index contributed by atoms with van der Waals surface area (Å²) in [6, 6.07) is 6.40. The highest BCUT2D eigenvalue weighted by atomic mass is 16.8. The zero-order valence-corrected chi connectivity index (χ0v) is 36.7. The van der Waals surface area contributed by atoms with E-state index in [9.17, 15) is 39.1 Å². The van der Waals surface area contributed by atoms with E-state index < -0.39 is 131 Å². The van der Waals surface area contributed by atoms with Gasteiger partial charge in [0.25, 0.3) is 0 Å². The van der Waals surface area contributed by atoms with Crippen molar-refractivity contribution in [2.45, 2.75) is 148 Å². The average Bonchev–Trinajstić information content (AvgIpc) is 3.15. The molecule has 336 valence electrons. The highest BCUT2D eigenvalue weighted by Crippen LogP contribution is 2.65. The highest BCUT2D eigenvalue weighted by Gasteiger charge is 2.79. The number of aliphatic hydroxyl groups is 2. The molecule has 2 bridgehead atoms. The number of rotatable bonds is 9. The molecule has 1 saturated heterocycles. The van der Waals surface area contributed by atoms with E-state index >= 15 is 4.79 Å². The molecule has 0 radical (unpaired) electrons. The number of nitrogens with zero attached hydrogens (tertiary/aromatic N) is 1. The summed E-state index contributed by atoms with van der Waals surface area (Å²) in [5, 5.41) is 30.0. The number of ether oxygens (including phenoxy) is 7. The van der Waals surface area contributed by atoms with Crippen LogP contribution in [0.3, 0.4) is 0 Å². The van der Waals surface area contributed by atoms with E-state index in [0.29, 0.717) is 0 Å². The van der Waals surface area contributed by atoms with Crippen LogP contribution in [0.25, 0.3) is 0 Å². The first kappa shape index (κ1) is 47.1. The van der Waals surface area contributed by atoms with E-state index in [1.54, 1.807) is 59.7 Å². The first-order valence-electron chi connectivity index (χ1n) is 20.1. The van der Waals surface area contributed by atoms with E-state index in [2.05, 4.69) is 10.5 Å². The molecule has 0 aromatic heterocycles. The summed E-state index contributed by atoms with van der Waals surface area (Å²) in [5.41, 5.74) is -9.88. The Bertz CT molecular complexity index is 1970. The van der Waals surface area contributed by atoms with E-state index in [0.717, 1.165) is 14.0 Å². The molecule has 61 heavy (non-hydrogen) atoms. The monoisotopic (exact) mass is 858 g/mol. The van der Waals surface area contributed by atoms with Gasteiger partial charge in [0.1, 0.15) is 23.9 Å². The van der Waals surface area contributed by atoms with Crippen LogP contribution in [0.5, 0.6) is 0 Å². The second-order valence-electron chi connectivity index (χ2n) is 19.2.